The van der Waals surface area contributed by atoms with Crippen LogP contribution in [0.3, 0.4) is 0 Å². The van der Waals surface area contributed by atoms with Crippen molar-refractivity contribution in [2.75, 3.05) is 20.3 Å². The summed E-state index contributed by atoms with van der Waals surface area (Å²) in [5.41, 5.74) is 3.09. The van der Waals surface area contributed by atoms with E-state index < -0.39 is 12.1 Å². The van der Waals surface area contributed by atoms with Crippen molar-refractivity contribution in [3.05, 3.63) is 109 Å². The van der Waals surface area contributed by atoms with Crippen molar-refractivity contribution in [3.8, 4) is 34.1 Å². The van der Waals surface area contributed by atoms with E-state index in [0.717, 1.165) is 46.1 Å². The van der Waals surface area contributed by atoms with Crippen LogP contribution in [0.5, 0.6) is 23.0 Å². The summed E-state index contributed by atoms with van der Waals surface area (Å²) in [6.07, 6.45) is 0.196. The molecule has 0 aliphatic rings. The Morgan fingerprint density at radius 2 is 1.16 bits per heavy atom. The first-order valence-electron chi connectivity index (χ1n) is 12.1. The first kappa shape index (κ1) is 25.8. The van der Waals surface area contributed by atoms with E-state index >= 15 is 0 Å². The number of carbonyl (C=O) groups is 1. The second-order valence-electron chi connectivity index (χ2n) is 8.43. The quantitative estimate of drug-likeness (QED) is 0.208. The van der Waals surface area contributed by atoms with Gasteiger partial charge in [0.05, 0.1) is 13.2 Å². The number of ether oxygens (including phenoxy) is 4. The predicted molar refractivity (Wildman–Crippen MR) is 143 cm³/mol. The minimum absolute atomic E-state index is 0.312. The largest absolute Gasteiger partial charge is 0.493 e. The lowest BCUT2D eigenvalue weighted by Gasteiger charge is -2.11. The monoisotopic (exact) mass is 498 g/mol. The Bertz CT molecular complexity index is 1240. The van der Waals surface area contributed by atoms with Crippen molar-refractivity contribution in [2.24, 2.45) is 0 Å². The Balaban J connectivity index is 1.18. The van der Waals surface area contributed by atoms with Gasteiger partial charge in [-0.1, -0.05) is 54.6 Å². The van der Waals surface area contributed by atoms with E-state index in [1.807, 2.05) is 103 Å². The van der Waals surface area contributed by atoms with Gasteiger partial charge < -0.3 is 24.1 Å². The number of hydrogen-bond donors (Lipinski definition) is 1. The second-order valence-corrected chi connectivity index (χ2v) is 8.43. The van der Waals surface area contributed by atoms with E-state index in [9.17, 15) is 4.79 Å². The Morgan fingerprint density at radius 1 is 0.676 bits per heavy atom. The molecule has 0 aromatic heterocycles. The third kappa shape index (κ3) is 7.85. The molecule has 1 atom stereocenters. The number of hydrogen-bond acceptors (Lipinski definition) is 5. The minimum Gasteiger partial charge on any atom is -0.493 e. The zero-order valence-electron chi connectivity index (χ0n) is 20.7. The molecule has 4 rings (SSSR count). The Morgan fingerprint density at radius 3 is 1.68 bits per heavy atom. The van der Waals surface area contributed by atoms with Crippen molar-refractivity contribution in [1.29, 1.82) is 0 Å². The summed E-state index contributed by atoms with van der Waals surface area (Å²) < 4.78 is 22.4. The lowest BCUT2D eigenvalue weighted by molar-refractivity contribution is -0.148. The molecule has 0 unspecified atom stereocenters. The molecule has 0 amide bonds. The molecule has 190 valence electrons. The molecule has 4 aromatic carbocycles. The lowest BCUT2D eigenvalue weighted by atomic mass is 10.1. The van der Waals surface area contributed by atoms with Crippen molar-refractivity contribution >= 4 is 5.97 Å². The summed E-state index contributed by atoms with van der Waals surface area (Å²) in [4.78, 5) is 11.1. The maximum absolute atomic E-state index is 11.1. The Hall–Kier alpha value is -4.29. The average Bonchev–Trinajstić information content (AvgIpc) is 2.93. The molecule has 37 heavy (non-hydrogen) atoms. The number of aliphatic carboxylic acids is 1. The normalized spacial score (nSPS) is 11.5. The Labute approximate surface area is 217 Å². The van der Waals surface area contributed by atoms with Crippen LogP contribution < -0.4 is 14.2 Å². The van der Waals surface area contributed by atoms with Gasteiger partial charge in [0.15, 0.2) is 6.10 Å². The van der Waals surface area contributed by atoms with Crippen LogP contribution in [0.25, 0.3) is 11.1 Å². The molecule has 0 saturated carbocycles. The molecule has 0 fully saturated rings. The molecular formula is C31H30O6. The van der Waals surface area contributed by atoms with E-state index in [-0.39, 0.29) is 0 Å². The van der Waals surface area contributed by atoms with Gasteiger partial charge in [-0.2, -0.15) is 0 Å². The second kappa shape index (κ2) is 13.1. The third-order valence-corrected chi connectivity index (χ3v) is 5.75. The topological polar surface area (TPSA) is 74.2 Å². The van der Waals surface area contributed by atoms with Gasteiger partial charge in [0.2, 0.25) is 0 Å². The fraction of sp³-hybridized carbons (Fsp3) is 0.194. The molecule has 0 radical (unpaired) electrons. The van der Waals surface area contributed by atoms with Crippen LogP contribution >= 0.6 is 0 Å². The highest BCUT2D eigenvalue weighted by Gasteiger charge is 2.16. The fourth-order valence-corrected chi connectivity index (χ4v) is 3.73. The van der Waals surface area contributed by atoms with Gasteiger partial charge in [0.25, 0.3) is 0 Å². The van der Waals surface area contributed by atoms with Crippen LogP contribution in [-0.2, 0) is 16.0 Å². The molecule has 6 heteroatoms. The average molecular weight is 499 g/mol. The molecule has 0 aliphatic carbocycles. The van der Waals surface area contributed by atoms with E-state index in [4.69, 9.17) is 24.1 Å². The van der Waals surface area contributed by atoms with Gasteiger partial charge in [0, 0.05) is 20.0 Å². The van der Waals surface area contributed by atoms with Gasteiger partial charge in [0.1, 0.15) is 23.0 Å². The van der Waals surface area contributed by atoms with Crippen LogP contribution in [0.1, 0.15) is 12.0 Å². The molecular weight excluding hydrogens is 468 g/mol. The van der Waals surface area contributed by atoms with Crippen LogP contribution in [0.4, 0.5) is 0 Å². The van der Waals surface area contributed by atoms with E-state index in [2.05, 4.69) is 0 Å². The molecule has 0 heterocycles. The molecule has 0 saturated heterocycles. The van der Waals surface area contributed by atoms with E-state index in [1.165, 1.54) is 7.11 Å². The zero-order valence-corrected chi connectivity index (χ0v) is 20.7. The van der Waals surface area contributed by atoms with Crippen molar-refractivity contribution in [3.63, 3.8) is 0 Å². The van der Waals surface area contributed by atoms with Gasteiger partial charge in [-0.25, -0.2) is 4.79 Å². The van der Waals surface area contributed by atoms with E-state index in [0.29, 0.717) is 19.6 Å². The predicted octanol–water partition coefficient (Wildman–Crippen LogP) is 6.64. The highest BCUT2D eigenvalue weighted by atomic mass is 16.5. The maximum atomic E-state index is 11.1. The van der Waals surface area contributed by atoms with Crippen LogP contribution in [0, 0.1) is 0 Å². The number of rotatable bonds is 13. The van der Waals surface area contributed by atoms with E-state index in [1.54, 1.807) is 0 Å². The number of benzene rings is 4. The van der Waals surface area contributed by atoms with Gasteiger partial charge in [-0.3, -0.25) is 0 Å². The minimum atomic E-state index is -0.972. The first-order valence-corrected chi connectivity index (χ1v) is 12.1. The molecule has 0 spiro atoms. The molecule has 6 nitrogen and oxygen atoms in total. The summed E-state index contributed by atoms with van der Waals surface area (Å²) in [5.74, 6) is 2.18. The number of methoxy groups -OCH3 is 1. The zero-order chi connectivity index (χ0) is 25.9. The van der Waals surface area contributed by atoms with Crippen molar-refractivity contribution in [1.82, 2.24) is 0 Å². The highest BCUT2D eigenvalue weighted by molar-refractivity contribution is 5.72. The van der Waals surface area contributed by atoms with Crippen LogP contribution in [0.15, 0.2) is 103 Å². The van der Waals surface area contributed by atoms with Gasteiger partial charge in [-0.15, -0.1) is 0 Å². The Kier molecular flexibility index (Phi) is 9.16. The molecule has 4 aromatic rings. The van der Waals surface area contributed by atoms with Crippen molar-refractivity contribution < 1.29 is 28.8 Å². The van der Waals surface area contributed by atoms with Crippen molar-refractivity contribution in [2.45, 2.75) is 18.9 Å². The number of carboxylic acid groups (broad SMARTS) is 1. The number of para-hydroxylation sites is 1. The maximum Gasteiger partial charge on any atom is 0.333 e. The smallest absolute Gasteiger partial charge is 0.333 e. The lowest BCUT2D eigenvalue weighted by Crippen LogP contribution is -2.24. The standard InChI is InChI=1S/C31H30O6/c1-34-30(31(32)33)22-23-8-14-26(15-9-23)35-20-5-21-36-27-16-10-24(11-17-27)25-12-18-29(19-13-25)37-28-6-3-2-4-7-28/h2-4,6-19,30H,5,20-22H2,1H3,(H,32,33)/t30-/m0/s1. The molecule has 0 bridgehead atoms. The summed E-state index contributed by atoms with van der Waals surface area (Å²) in [6.45, 7) is 1.06. The van der Waals surface area contributed by atoms with Crippen LogP contribution in [-0.4, -0.2) is 37.5 Å². The first-order chi connectivity index (χ1) is 18.1. The molecule has 1 N–H and O–H groups in total. The highest BCUT2D eigenvalue weighted by Crippen LogP contribution is 2.27. The summed E-state index contributed by atoms with van der Waals surface area (Å²) in [5, 5.41) is 9.09. The summed E-state index contributed by atoms with van der Waals surface area (Å²) in [7, 11) is 1.40. The third-order valence-electron chi connectivity index (χ3n) is 5.75. The van der Waals surface area contributed by atoms with Gasteiger partial charge in [-0.05, 0) is 65.2 Å². The summed E-state index contributed by atoms with van der Waals surface area (Å²) >= 11 is 0. The SMILES string of the molecule is CO[C@@H](Cc1ccc(OCCCOc2ccc(-c3ccc(Oc4ccccc4)cc3)cc2)cc1)C(=O)O. The summed E-state index contributed by atoms with van der Waals surface area (Å²) in [6, 6.07) is 33.1. The fourth-order valence-electron chi connectivity index (χ4n) is 3.73. The van der Waals surface area contributed by atoms with Crippen LogP contribution in [0.2, 0.25) is 0 Å². The number of carboxylic acids is 1. The van der Waals surface area contributed by atoms with Gasteiger partial charge >= 0.3 is 5.97 Å². The molecule has 0 aliphatic heterocycles.